The fraction of sp³-hybridized carbons (Fsp3) is 0.417. The molecular formula is C12H17NO2. The second-order valence-electron chi connectivity index (χ2n) is 3.53. The molecule has 3 nitrogen and oxygen atoms in total. The lowest BCUT2D eigenvalue weighted by atomic mass is 10.0. The Labute approximate surface area is 90.2 Å². The highest BCUT2D eigenvalue weighted by Gasteiger charge is 2.11. The first-order valence-electron chi connectivity index (χ1n) is 5.11. The van der Waals surface area contributed by atoms with Gasteiger partial charge in [0.1, 0.15) is 0 Å². The van der Waals surface area contributed by atoms with Crippen LogP contribution in [0.5, 0.6) is 0 Å². The van der Waals surface area contributed by atoms with Crippen molar-refractivity contribution in [3.63, 3.8) is 0 Å². The van der Waals surface area contributed by atoms with Crippen LogP contribution in [-0.4, -0.2) is 12.6 Å². The van der Waals surface area contributed by atoms with Crippen LogP contribution < -0.4 is 5.73 Å². The van der Waals surface area contributed by atoms with Crippen molar-refractivity contribution in [2.45, 2.75) is 26.3 Å². The Morgan fingerprint density at radius 1 is 1.40 bits per heavy atom. The van der Waals surface area contributed by atoms with E-state index in [0.29, 0.717) is 6.61 Å². The molecule has 0 bridgehead atoms. The first-order chi connectivity index (χ1) is 7.13. The van der Waals surface area contributed by atoms with Gasteiger partial charge >= 0.3 is 5.97 Å². The van der Waals surface area contributed by atoms with Crippen LogP contribution in [0.3, 0.4) is 0 Å². The molecule has 1 rings (SSSR count). The number of nitrogens with two attached hydrogens (primary N) is 1. The van der Waals surface area contributed by atoms with Crippen LogP contribution >= 0.6 is 0 Å². The second-order valence-corrected chi connectivity index (χ2v) is 3.53. The zero-order chi connectivity index (χ0) is 11.3. The van der Waals surface area contributed by atoms with Crippen molar-refractivity contribution in [1.29, 1.82) is 0 Å². The van der Waals surface area contributed by atoms with E-state index in [-0.39, 0.29) is 18.4 Å². The number of aryl methyl sites for hydroxylation is 1. The highest BCUT2D eigenvalue weighted by molar-refractivity contribution is 5.70. The Bertz CT molecular complexity index is 319. The maximum Gasteiger partial charge on any atom is 0.307 e. The molecule has 1 atom stereocenters. The Morgan fingerprint density at radius 3 is 2.53 bits per heavy atom. The van der Waals surface area contributed by atoms with E-state index in [9.17, 15) is 4.79 Å². The van der Waals surface area contributed by atoms with Crippen molar-refractivity contribution >= 4 is 5.97 Å². The molecule has 0 amide bonds. The number of esters is 1. The van der Waals surface area contributed by atoms with Gasteiger partial charge in [0.2, 0.25) is 0 Å². The summed E-state index contributed by atoms with van der Waals surface area (Å²) in [5, 5.41) is 0. The van der Waals surface area contributed by atoms with E-state index in [2.05, 4.69) is 0 Å². The maximum absolute atomic E-state index is 11.2. The molecule has 0 radical (unpaired) electrons. The molecule has 0 aromatic heterocycles. The van der Waals surface area contributed by atoms with Gasteiger partial charge in [-0.05, 0) is 19.4 Å². The fourth-order valence-corrected chi connectivity index (χ4v) is 1.33. The lowest BCUT2D eigenvalue weighted by molar-refractivity contribution is -0.143. The summed E-state index contributed by atoms with van der Waals surface area (Å²) in [6, 6.07) is 7.59. The van der Waals surface area contributed by atoms with Gasteiger partial charge in [-0.25, -0.2) is 0 Å². The van der Waals surface area contributed by atoms with Gasteiger partial charge in [-0.15, -0.1) is 0 Å². The molecule has 2 N–H and O–H groups in total. The molecule has 0 aliphatic rings. The zero-order valence-electron chi connectivity index (χ0n) is 9.19. The van der Waals surface area contributed by atoms with Crippen molar-refractivity contribution in [2.75, 3.05) is 6.61 Å². The monoisotopic (exact) mass is 207 g/mol. The molecule has 0 aliphatic heterocycles. The van der Waals surface area contributed by atoms with E-state index in [1.54, 1.807) is 6.92 Å². The zero-order valence-corrected chi connectivity index (χ0v) is 9.19. The van der Waals surface area contributed by atoms with E-state index in [1.165, 1.54) is 5.56 Å². The number of carbonyl (C=O) groups is 1. The molecule has 0 saturated carbocycles. The first-order valence-corrected chi connectivity index (χ1v) is 5.11. The van der Waals surface area contributed by atoms with Gasteiger partial charge in [0, 0.05) is 6.04 Å². The molecule has 0 saturated heterocycles. The average molecular weight is 207 g/mol. The Balaban J connectivity index is 2.57. The highest BCUT2D eigenvalue weighted by Crippen LogP contribution is 2.15. The van der Waals surface area contributed by atoms with Gasteiger partial charge in [0.05, 0.1) is 13.0 Å². The Kier molecular flexibility index (Phi) is 4.31. The molecule has 1 aromatic rings. The van der Waals surface area contributed by atoms with Crippen LogP contribution in [0.25, 0.3) is 0 Å². The molecule has 0 spiro atoms. The standard InChI is InChI=1S/C12H17NO2/c1-3-15-12(14)8-11(13)10-6-4-9(2)5-7-10/h4-7,11H,3,8,13H2,1-2H3/t11-/m1/s1. The van der Waals surface area contributed by atoms with E-state index in [4.69, 9.17) is 10.5 Å². The van der Waals surface area contributed by atoms with Crippen molar-refractivity contribution in [3.8, 4) is 0 Å². The fourth-order valence-electron chi connectivity index (χ4n) is 1.33. The van der Waals surface area contributed by atoms with Crippen LogP contribution in [0, 0.1) is 6.92 Å². The third-order valence-corrected chi connectivity index (χ3v) is 2.20. The molecule has 0 fully saturated rings. The topological polar surface area (TPSA) is 52.3 Å². The van der Waals surface area contributed by atoms with Crippen molar-refractivity contribution in [1.82, 2.24) is 0 Å². The molecule has 0 unspecified atom stereocenters. The van der Waals surface area contributed by atoms with Crippen LogP contribution in [0.1, 0.15) is 30.5 Å². The lowest BCUT2D eigenvalue weighted by Gasteiger charge is -2.11. The smallest absolute Gasteiger partial charge is 0.307 e. The summed E-state index contributed by atoms with van der Waals surface area (Å²) in [4.78, 5) is 11.2. The normalized spacial score (nSPS) is 12.2. The van der Waals surface area contributed by atoms with E-state index >= 15 is 0 Å². The van der Waals surface area contributed by atoms with Crippen molar-refractivity contribution < 1.29 is 9.53 Å². The number of carbonyl (C=O) groups excluding carboxylic acids is 1. The van der Waals surface area contributed by atoms with Gasteiger partial charge < -0.3 is 10.5 Å². The summed E-state index contributed by atoms with van der Waals surface area (Å²) >= 11 is 0. The number of hydrogen-bond acceptors (Lipinski definition) is 3. The summed E-state index contributed by atoms with van der Waals surface area (Å²) in [5.41, 5.74) is 8.02. The summed E-state index contributed by atoms with van der Waals surface area (Å²) in [6.45, 7) is 4.20. The quantitative estimate of drug-likeness (QED) is 0.768. The molecule has 1 aromatic carbocycles. The van der Waals surface area contributed by atoms with Gasteiger partial charge in [-0.2, -0.15) is 0 Å². The Hall–Kier alpha value is -1.35. The molecule has 82 valence electrons. The van der Waals surface area contributed by atoms with Gasteiger partial charge in [-0.3, -0.25) is 4.79 Å². The van der Waals surface area contributed by atoms with Gasteiger partial charge in [-0.1, -0.05) is 29.8 Å². The van der Waals surface area contributed by atoms with Crippen LogP contribution in [0.15, 0.2) is 24.3 Å². The summed E-state index contributed by atoms with van der Waals surface area (Å²) in [6.07, 6.45) is 0.233. The molecule has 3 heteroatoms. The predicted molar refractivity (Wildman–Crippen MR) is 59.4 cm³/mol. The molecule has 15 heavy (non-hydrogen) atoms. The first kappa shape index (κ1) is 11.7. The van der Waals surface area contributed by atoms with Crippen LogP contribution in [0.4, 0.5) is 0 Å². The number of rotatable bonds is 4. The number of hydrogen-bond donors (Lipinski definition) is 1. The third-order valence-electron chi connectivity index (χ3n) is 2.20. The summed E-state index contributed by atoms with van der Waals surface area (Å²) in [5.74, 6) is -0.245. The van der Waals surface area contributed by atoms with Crippen molar-refractivity contribution in [3.05, 3.63) is 35.4 Å². The van der Waals surface area contributed by atoms with E-state index < -0.39 is 0 Å². The van der Waals surface area contributed by atoms with Crippen molar-refractivity contribution in [2.24, 2.45) is 5.73 Å². The second kappa shape index (κ2) is 5.51. The lowest BCUT2D eigenvalue weighted by Crippen LogP contribution is -2.17. The average Bonchev–Trinajstić information content (AvgIpc) is 2.18. The summed E-state index contributed by atoms with van der Waals surface area (Å²) in [7, 11) is 0. The third kappa shape index (κ3) is 3.72. The predicted octanol–water partition coefficient (Wildman–Crippen LogP) is 1.95. The highest BCUT2D eigenvalue weighted by atomic mass is 16.5. The van der Waals surface area contributed by atoms with Gasteiger partial charge in [0.25, 0.3) is 0 Å². The van der Waals surface area contributed by atoms with Crippen LogP contribution in [0.2, 0.25) is 0 Å². The maximum atomic E-state index is 11.2. The van der Waals surface area contributed by atoms with Gasteiger partial charge in [0.15, 0.2) is 0 Å². The minimum absolute atomic E-state index is 0.233. The molecular weight excluding hydrogens is 190 g/mol. The minimum atomic E-state index is -0.273. The van der Waals surface area contributed by atoms with Crippen LogP contribution in [-0.2, 0) is 9.53 Å². The Morgan fingerprint density at radius 2 is 2.00 bits per heavy atom. The SMILES string of the molecule is CCOC(=O)C[C@@H](N)c1ccc(C)cc1. The molecule has 0 aliphatic carbocycles. The number of ether oxygens (including phenoxy) is 1. The van der Waals surface area contributed by atoms with E-state index in [1.807, 2.05) is 31.2 Å². The minimum Gasteiger partial charge on any atom is -0.466 e. The number of benzene rings is 1. The largest absolute Gasteiger partial charge is 0.466 e. The van der Waals surface area contributed by atoms with E-state index in [0.717, 1.165) is 5.56 Å². The molecule has 0 heterocycles. The summed E-state index contributed by atoms with van der Waals surface area (Å²) < 4.78 is 4.84.